The van der Waals surface area contributed by atoms with E-state index in [-0.39, 0.29) is 17.0 Å². The first kappa shape index (κ1) is 26.8. The molecule has 1 aliphatic rings. The van der Waals surface area contributed by atoms with Gasteiger partial charge in [0.15, 0.2) is 0 Å². The van der Waals surface area contributed by atoms with Crippen molar-refractivity contribution in [3.8, 4) is 0 Å². The van der Waals surface area contributed by atoms with Crippen molar-refractivity contribution in [1.29, 1.82) is 10.8 Å². The highest BCUT2D eigenvalue weighted by atomic mass is 32.1. The first-order valence-electron chi connectivity index (χ1n) is 12.1. The molecule has 1 aromatic carbocycles. The minimum Gasteiger partial charge on any atom is -0.379 e. The summed E-state index contributed by atoms with van der Waals surface area (Å²) in [5, 5.41) is 17.7. The third kappa shape index (κ3) is 5.65. The minimum atomic E-state index is -4.59. The van der Waals surface area contributed by atoms with Gasteiger partial charge in [-0.05, 0) is 24.3 Å². The summed E-state index contributed by atoms with van der Waals surface area (Å²) >= 11 is 1.16. The van der Waals surface area contributed by atoms with Gasteiger partial charge in [-0.3, -0.25) is 19.6 Å². The molecule has 0 atom stereocenters. The summed E-state index contributed by atoms with van der Waals surface area (Å²) in [6, 6.07) is 6.28. The van der Waals surface area contributed by atoms with Crippen LogP contribution in [0, 0.1) is 10.8 Å². The lowest BCUT2D eigenvalue weighted by Gasteiger charge is -2.26. The van der Waals surface area contributed by atoms with Crippen LogP contribution in [-0.2, 0) is 17.8 Å². The Morgan fingerprint density at radius 2 is 1.90 bits per heavy atom. The van der Waals surface area contributed by atoms with Crippen molar-refractivity contribution >= 4 is 57.7 Å². The summed E-state index contributed by atoms with van der Waals surface area (Å²) in [6.45, 7) is 2.16. The van der Waals surface area contributed by atoms with E-state index in [9.17, 15) is 22.8 Å². The lowest BCUT2D eigenvalue weighted by molar-refractivity contribution is -0.140. The largest absolute Gasteiger partial charge is 0.406 e. The molecule has 11 nitrogen and oxygen atoms in total. The Labute approximate surface area is 223 Å². The average molecular weight is 563 g/mol. The zero-order chi connectivity index (χ0) is 27.7. The number of imidazole rings is 2. The van der Waals surface area contributed by atoms with Gasteiger partial charge in [-0.2, -0.15) is 13.2 Å². The molecule has 0 bridgehead atoms. The maximum Gasteiger partial charge on any atom is 0.406 e. The first-order chi connectivity index (χ1) is 18.7. The summed E-state index contributed by atoms with van der Waals surface area (Å²) < 4.78 is 47.3. The zero-order valence-corrected chi connectivity index (χ0v) is 21.4. The Morgan fingerprint density at radius 1 is 1.15 bits per heavy atom. The van der Waals surface area contributed by atoms with Crippen molar-refractivity contribution in [2.24, 2.45) is 0 Å². The topological polar surface area (TPSA) is 145 Å². The molecule has 0 spiro atoms. The highest BCUT2D eigenvalue weighted by Gasteiger charge is 2.30. The summed E-state index contributed by atoms with van der Waals surface area (Å²) in [5.74, 6) is -0.749. The van der Waals surface area contributed by atoms with Crippen molar-refractivity contribution in [2.75, 3.05) is 38.2 Å². The van der Waals surface area contributed by atoms with Crippen LogP contribution < -0.4 is 11.0 Å². The number of aromatic amines is 1. The number of nitrogens with zero attached hydrogens (tertiary/aromatic N) is 4. The minimum absolute atomic E-state index is 0.0856. The van der Waals surface area contributed by atoms with Crippen LogP contribution in [0.1, 0.15) is 20.5 Å². The number of alkyl halides is 3. The molecule has 39 heavy (non-hydrogen) atoms. The molecule has 15 heteroatoms. The second-order valence-electron chi connectivity index (χ2n) is 9.05. The summed E-state index contributed by atoms with van der Waals surface area (Å²) in [5.41, 5.74) is 0.299. The smallest absolute Gasteiger partial charge is 0.379 e. The number of fused-ring (bicyclic) bond motifs is 2. The Hall–Kier alpha value is -3.82. The lowest BCUT2D eigenvalue weighted by atomic mass is 10.1. The molecular weight excluding hydrogens is 537 g/mol. The van der Waals surface area contributed by atoms with Crippen LogP contribution in [0.4, 0.5) is 19.1 Å². The van der Waals surface area contributed by atoms with Crippen molar-refractivity contribution < 1.29 is 22.7 Å². The fourth-order valence-electron chi connectivity index (χ4n) is 4.53. The van der Waals surface area contributed by atoms with E-state index in [0.29, 0.717) is 51.7 Å². The average Bonchev–Trinajstić information content (AvgIpc) is 3.58. The van der Waals surface area contributed by atoms with Gasteiger partial charge in [-0.1, -0.05) is 0 Å². The third-order valence-corrected chi connectivity index (χ3v) is 7.67. The van der Waals surface area contributed by atoms with E-state index in [1.165, 1.54) is 12.1 Å². The molecule has 1 amide bonds. The highest BCUT2D eigenvalue weighted by molar-refractivity contribution is 7.14. The molecule has 0 aliphatic carbocycles. The van der Waals surface area contributed by atoms with Crippen LogP contribution in [-0.4, -0.2) is 81.4 Å². The number of H-pyrrole nitrogens is 1. The van der Waals surface area contributed by atoms with Gasteiger partial charge in [0.25, 0.3) is 5.91 Å². The van der Waals surface area contributed by atoms with Crippen molar-refractivity contribution in [3.05, 3.63) is 44.5 Å². The second-order valence-corrected chi connectivity index (χ2v) is 10.2. The van der Waals surface area contributed by atoms with Gasteiger partial charge in [-0.25, -0.2) is 9.78 Å². The molecule has 1 fully saturated rings. The van der Waals surface area contributed by atoms with E-state index >= 15 is 0 Å². The fraction of sp³-hybridized carbons (Fsp3) is 0.375. The number of aromatic nitrogens is 4. The van der Waals surface area contributed by atoms with Crippen LogP contribution in [0.15, 0.2) is 29.1 Å². The van der Waals surface area contributed by atoms with Gasteiger partial charge < -0.3 is 25.1 Å². The number of halogens is 3. The molecule has 4 heterocycles. The Kier molecular flexibility index (Phi) is 7.38. The van der Waals surface area contributed by atoms with Crippen molar-refractivity contribution in [2.45, 2.75) is 25.2 Å². The van der Waals surface area contributed by atoms with Crippen LogP contribution >= 0.6 is 11.3 Å². The van der Waals surface area contributed by atoms with E-state index < -0.39 is 30.2 Å². The van der Waals surface area contributed by atoms with Crippen LogP contribution in [0.5, 0.6) is 0 Å². The predicted octanol–water partition coefficient (Wildman–Crippen LogP) is 3.27. The molecule has 206 valence electrons. The van der Waals surface area contributed by atoms with Gasteiger partial charge in [-0.15, -0.1) is 11.3 Å². The first-order valence-corrected chi connectivity index (χ1v) is 12.9. The summed E-state index contributed by atoms with van der Waals surface area (Å²) in [6.07, 6.45) is -2.35. The number of rotatable bonds is 9. The van der Waals surface area contributed by atoms with Crippen molar-refractivity contribution in [3.63, 3.8) is 0 Å². The number of benzene rings is 1. The number of carbonyl (C=O) groups is 1. The van der Waals surface area contributed by atoms with E-state index in [4.69, 9.17) is 15.6 Å². The number of carbonyl (C=O) groups excluding carboxylic acids is 1. The molecule has 1 saturated heterocycles. The maximum absolute atomic E-state index is 13.2. The van der Waals surface area contributed by atoms with Crippen LogP contribution in [0.25, 0.3) is 22.1 Å². The number of morpholine rings is 1. The Balaban J connectivity index is 1.53. The van der Waals surface area contributed by atoms with E-state index in [0.717, 1.165) is 36.9 Å². The molecule has 0 unspecified atom stereocenters. The van der Waals surface area contributed by atoms with Crippen LogP contribution in [0.3, 0.4) is 0 Å². The SMILES string of the molecule is N=CC(C=N)c1ccc(C(=O)Nc2nc3cc4[nH]c(=O)n(CC(F)(F)F)c4cc3n2CCN2CCOCC2)s1. The number of amides is 1. The molecule has 4 N–H and O–H groups in total. The molecule has 0 radical (unpaired) electrons. The molecule has 3 aromatic heterocycles. The molecule has 4 aromatic rings. The number of ether oxygens (including phenoxy) is 1. The fourth-order valence-corrected chi connectivity index (χ4v) is 5.47. The Morgan fingerprint density at radius 3 is 2.59 bits per heavy atom. The number of nitrogens with one attached hydrogen (secondary N) is 4. The second kappa shape index (κ2) is 10.7. The van der Waals surface area contributed by atoms with E-state index in [1.54, 1.807) is 16.7 Å². The molecular formula is C24H25F3N8O3S. The van der Waals surface area contributed by atoms with Gasteiger partial charge in [0.2, 0.25) is 5.95 Å². The molecule has 0 saturated carbocycles. The summed E-state index contributed by atoms with van der Waals surface area (Å²) in [4.78, 5) is 35.6. The number of thiophene rings is 1. The number of hydrogen-bond acceptors (Lipinski definition) is 8. The van der Waals surface area contributed by atoms with Gasteiger partial charge >= 0.3 is 11.9 Å². The predicted molar refractivity (Wildman–Crippen MR) is 142 cm³/mol. The zero-order valence-electron chi connectivity index (χ0n) is 20.5. The number of hydrogen-bond donors (Lipinski definition) is 4. The van der Waals surface area contributed by atoms with Gasteiger partial charge in [0.1, 0.15) is 6.54 Å². The van der Waals surface area contributed by atoms with E-state index in [2.05, 4.69) is 20.2 Å². The molecule has 5 rings (SSSR count). The van der Waals surface area contributed by atoms with Crippen molar-refractivity contribution in [1.82, 2.24) is 24.0 Å². The normalized spacial score (nSPS) is 15.6. The quantitative estimate of drug-likeness (QED) is 0.232. The molecule has 1 aliphatic heterocycles. The maximum atomic E-state index is 13.2. The van der Waals surface area contributed by atoms with Crippen LogP contribution in [0.2, 0.25) is 0 Å². The summed E-state index contributed by atoms with van der Waals surface area (Å²) in [7, 11) is 0. The highest BCUT2D eigenvalue weighted by Crippen LogP contribution is 2.28. The third-order valence-electron chi connectivity index (χ3n) is 6.49. The standard InChI is InChI=1S/C24H25F3N8O3S/c25-24(26,27)13-35-18-10-17-15(9-16(18)31-23(35)37)30-22(34(17)4-3-33-5-7-38-8-6-33)32-21(36)20-2-1-19(39-20)14(11-28)12-29/h1-2,9-12,14,28-29H,3-8,13H2,(H,31,37)(H,30,32,36). The monoisotopic (exact) mass is 562 g/mol. The number of anilines is 1. The lowest BCUT2D eigenvalue weighted by Crippen LogP contribution is -2.38. The van der Waals surface area contributed by atoms with Gasteiger partial charge in [0, 0.05) is 43.5 Å². The van der Waals surface area contributed by atoms with Gasteiger partial charge in [0.05, 0.1) is 46.1 Å². The Bertz CT molecular complexity index is 1590. The van der Waals surface area contributed by atoms with E-state index in [1.807, 2.05) is 0 Å².